The number of hydrogen-bond acceptors (Lipinski definition) is 4. The molecule has 0 aliphatic heterocycles. The largest absolute Gasteiger partial charge is 0.494 e. The average Bonchev–Trinajstić information content (AvgIpc) is 2.59. The van der Waals surface area contributed by atoms with Crippen molar-refractivity contribution in [2.45, 2.75) is 11.3 Å². The number of sulfone groups is 1. The minimum Gasteiger partial charge on any atom is -0.494 e. The summed E-state index contributed by atoms with van der Waals surface area (Å²) in [6, 6.07) is 15.8. The van der Waals surface area contributed by atoms with Crippen LogP contribution < -0.4 is 4.74 Å². The Morgan fingerprint density at radius 1 is 1.00 bits per heavy atom. The van der Waals surface area contributed by atoms with Crippen molar-refractivity contribution in [1.82, 2.24) is 4.90 Å². The molecule has 24 heavy (non-hydrogen) atoms. The molecular weight excluding hydrogens is 346 g/mol. The maximum absolute atomic E-state index is 12.2. The van der Waals surface area contributed by atoms with Crippen molar-refractivity contribution in [2.75, 3.05) is 32.5 Å². The van der Waals surface area contributed by atoms with Crippen LogP contribution in [0.15, 0.2) is 59.5 Å². The van der Waals surface area contributed by atoms with Crippen molar-refractivity contribution >= 4 is 21.4 Å². The summed E-state index contributed by atoms with van der Waals surface area (Å²) in [7, 11) is -1.30. The molecule has 0 atom stereocenters. The maximum atomic E-state index is 12.2. The minimum atomic E-state index is -3.22. The van der Waals surface area contributed by atoms with Gasteiger partial charge in [0.15, 0.2) is 9.84 Å². The molecule has 2 aromatic carbocycles. The van der Waals surface area contributed by atoms with Crippen molar-refractivity contribution in [1.29, 1.82) is 0 Å². The zero-order valence-electron chi connectivity index (χ0n) is 13.7. The Morgan fingerprint density at radius 3 is 2.33 bits per heavy atom. The van der Waals surface area contributed by atoms with Crippen LogP contribution in [0.4, 0.5) is 0 Å². The number of nitrogens with zero attached hydrogens (tertiary/aromatic N) is 1. The number of ether oxygens (including phenoxy) is 1. The summed E-state index contributed by atoms with van der Waals surface area (Å²) in [6.45, 7) is 1.85. The Kier molecular flexibility index (Phi) is 7.09. The van der Waals surface area contributed by atoms with Gasteiger partial charge >= 0.3 is 0 Å². The molecule has 0 aliphatic carbocycles. The van der Waals surface area contributed by atoms with Crippen LogP contribution in [0.1, 0.15) is 6.42 Å². The first kappa shape index (κ1) is 18.8. The molecule has 130 valence electrons. The second-order valence-corrected chi connectivity index (χ2v) is 8.14. The summed E-state index contributed by atoms with van der Waals surface area (Å²) in [5, 5.41) is 0.682. The Bertz CT molecular complexity index is 718. The van der Waals surface area contributed by atoms with Gasteiger partial charge in [-0.3, -0.25) is 0 Å². The van der Waals surface area contributed by atoms with Crippen molar-refractivity contribution < 1.29 is 13.2 Å². The molecule has 0 heterocycles. The van der Waals surface area contributed by atoms with E-state index in [0.717, 1.165) is 18.7 Å². The van der Waals surface area contributed by atoms with E-state index in [0.29, 0.717) is 23.1 Å². The van der Waals surface area contributed by atoms with Crippen molar-refractivity contribution in [3.05, 3.63) is 59.6 Å². The van der Waals surface area contributed by atoms with Gasteiger partial charge in [0.05, 0.1) is 17.3 Å². The highest BCUT2D eigenvalue weighted by Gasteiger charge is 2.14. The van der Waals surface area contributed by atoms with Gasteiger partial charge in [0.2, 0.25) is 0 Å². The fraction of sp³-hybridized carbons (Fsp3) is 0.333. The second-order valence-electron chi connectivity index (χ2n) is 5.59. The molecule has 0 N–H and O–H groups in total. The summed E-state index contributed by atoms with van der Waals surface area (Å²) in [5.74, 6) is 0.902. The number of rotatable bonds is 9. The van der Waals surface area contributed by atoms with Crippen LogP contribution in [0.25, 0.3) is 0 Å². The van der Waals surface area contributed by atoms with Gasteiger partial charge in [0.1, 0.15) is 5.75 Å². The fourth-order valence-electron chi connectivity index (χ4n) is 2.19. The highest BCUT2D eigenvalue weighted by molar-refractivity contribution is 7.91. The SMILES string of the molecule is CN(CCCOc1ccc(Cl)cc1)CCS(=O)(=O)c1ccccc1. The molecule has 0 aromatic heterocycles. The lowest BCUT2D eigenvalue weighted by Gasteiger charge is -2.16. The molecule has 0 saturated heterocycles. The van der Waals surface area contributed by atoms with Gasteiger partial charge in [0, 0.05) is 18.1 Å². The van der Waals surface area contributed by atoms with E-state index < -0.39 is 9.84 Å². The third kappa shape index (κ3) is 6.15. The van der Waals surface area contributed by atoms with Crippen LogP contribution in [-0.2, 0) is 9.84 Å². The number of halogens is 1. The van der Waals surface area contributed by atoms with Gasteiger partial charge < -0.3 is 9.64 Å². The summed E-state index contributed by atoms with van der Waals surface area (Å²) >= 11 is 5.82. The van der Waals surface area contributed by atoms with Crippen LogP contribution in [0.3, 0.4) is 0 Å². The van der Waals surface area contributed by atoms with E-state index in [2.05, 4.69) is 0 Å². The van der Waals surface area contributed by atoms with Crippen LogP contribution in [-0.4, -0.2) is 45.8 Å². The molecule has 4 nitrogen and oxygen atoms in total. The van der Waals surface area contributed by atoms with Gasteiger partial charge in [-0.05, 0) is 49.9 Å². The van der Waals surface area contributed by atoms with Gasteiger partial charge in [-0.15, -0.1) is 0 Å². The lowest BCUT2D eigenvalue weighted by molar-refractivity contribution is 0.268. The summed E-state index contributed by atoms with van der Waals surface area (Å²) in [4.78, 5) is 2.38. The van der Waals surface area contributed by atoms with E-state index in [1.807, 2.05) is 30.1 Å². The minimum absolute atomic E-state index is 0.117. The van der Waals surface area contributed by atoms with Crippen LogP contribution in [0, 0.1) is 0 Å². The third-order valence-corrected chi connectivity index (χ3v) is 5.57. The molecule has 0 fully saturated rings. The van der Waals surface area contributed by atoms with Crippen LogP contribution in [0.2, 0.25) is 5.02 Å². The van der Waals surface area contributed by atoms with E-state index >= 15 is 0 Å². The zero-order chi connectivity index (χ0) is 17.4. The molecule has 0 amide bonds. The standard InChI is InChI=1S/C18H22ClNO3S/c1-20(12-5-14-23-17-10-8-16(19)9-11-17)13-15-24(21,22)18-6-3-2-4-7-18/h2-4,6-11H,5,12-15H2,1H3. The zero-order valence-corrected chi connectivity index (χ0v) is 15.3. The fourth-order valence-corrected chi connectivity index (χ4v) is 3.67. The van der Waals surface area contributed by atoms with E-state index in [1.54, 1.807) is 36.4 Å². The lowest BCUT2D eigenvalue weighted by Crippen LogP contribution is -2.27. The molecular formula is C18H22ClNO3S. The highest BCUT2D eigenvalue weighted by atomic mass is 35.5. The summed E-state index contributed by atoms with van der Waals surface area (Å²) in [6.07, 6.45) is 0.824. The van der Waals surface area contributed by atoms with Crippen molar-refractivity contribution in [2.24, 2.45) is 0 Å². The highest BCUT2D eigenvalue weighted by Crippen LogP contribution is 2.15. The first-order valence-electron chi connectivity index (χ1n) is 7.82. The van der Waals surface area contributed by atoms with Gasteiger partial charge in [-0.1, -0.05) is 29.8 Å². The second kappa shape index (κ2) is 9.06. The van der Waals surface area contributed by atoms with Crippen LogP contribution >= 0.6 is 11.6 Å². The van der Waals surface area contributed by atoms with Crippen molar-refractivity contribution in [3.8, 4) is 5.75 Å². The van der Waals surface area contributed by atoms with E-state index in [1.165, 1.54) is 0 Å². The molecule has 0 aliphatic rings. The van der Waals surface area contributed by atoms with Gasteiger partial charge in [0.25, 0.3) is 0 Å². The molecule has 2 aromatic rings. The van der Waals surface area contributed by atoms with Gasteiger partial charge in [-0.25, -0.2) is 8.42 Å². The van der Waals surface area contributed by atoms with E-state index in [-0.39, 0.29) is 5.75 Å². The normalized spacial score (nSPS) is 11.6. The molecule has 2 rings (SSSR count). The molecule has 0 saturated carbocycles. The summed E-state index contributed by atoms with van der Waals surface area (Å²) < 4.78 is 30.1. The third-order valence-electron chi connectivity index (χ3n) is 3.61. The van der Waals surface area contributed by atoms with Gasteiger partial charge in [-0.2, -0.15) is 0 Å². The topological polar surface area (TPSA) is 46.6 Å². The molecule has 0 bridgehead atoms. The Hall–Kier alpha value is -1.56. The Morgan fingerprint density at radius 2 is 1.67 bits per heavy atom. The maximum Gasteiger partial charge on any atom is 0.179 e. The summed E-state index contributed by atoms with van der Waals surface area (Å²) in [5.41, 5.74) is 0. The monoisotopic (exact) mass is 367 g/mol. The smallest absolute Gasteiger partial charge is 0.179 e. The molecule has 6 heteroatoms. The van der Waals surface area contributed by atoms with E-state index in [4.69, 9.17) is 16.3 Å². The molecule has 0 spiro atoms. The first-order valence-corrected chi connectivity index (χ1v) is 9.85. The average molecular weight is 368 g/mol. The van der Waals surface area contributed by atoms with Crippen molar-refractivity contribution in [3.63, 3.8) is 0 Å². The number of hydrogen-bond donors (Lipinski definition) is 0. The predicted octanol–water partition coefficient (Wildman–Crippen LogP) is 3.51. The van der Waals surface area contributed by atoms with Crippen LogP contribution in [0.5, 0.6) is 5.75 Å². The predicted molar refractivity (Wildman–Crippen MR) is 97.6 cm³/mol. The molecule has 0 unspecified atom stereocenters. The Labute approximate surface area is 148 Å². The lowest BCUT2D eigenvalue weighted by atomic mass is 10.3. The van der Waals surface area contributed by atoms with E-state index in [9.17, 15) is 8.42 Å². The Balaban J connectivity index is 1.68. The number of benzene rings is 2. The molecule has 0 radical (unpaired) electrons. The quantitative estimate of drug-likeness (QED) is 0.636. The first-order chi connectivity index (χ1) is 11.5.